The highest BCUT2D eigenvalue weighted by molar-refractivity contribution is 5.78. The number of aliphatic hydroxyl groups is 1. The SMILES string of the molecule is CC(CO)CCCNCC(=O)NC1CCOCC1. The number of rotatable bonds is 8. The molecule has 0 aromatic heterocycles. The van der Waals surface area contributed by atoms with Crippen molar-refractivity contribution < 1.29 is 14.6 Å². The molecule has 0 aromatic carbocycles. The molecule has 1 unspecified atom stereocenters. The van der Waals surface area contributed by atoms with Gasteiger partial charge >= 0.3 is 0 Å². The van der Waals surface area contributed by atoms with E-state index in [1.54, 1.807) is 0 Å². The molecule has 1 aliphatic heterocycles. The topological polar surface area (TPSA) is 70.6 Å². The molecule has 5 nitrogen and oxygen atoms in total. The van der Waals surface area contributed by atoms with E-state index in [2.05, 4.69) is 10.6 Å². The van der Waals surface area contributed by atoms with Crippen LogP contribution >= 0.6 is 0 Å². The maximum atomic E-state index is 11.6. The van der Waals surface area contributed by atoms with Crippen LogP contribution in [0, 0.1) is 5.92 Å². The molecule has 1 amide bonds. The molecule has 18 heavy (non-hydrogen) atoms. The first kappa shape index (κ1) is 15.4. The lowest BCUT2D eigenvalue weighted by Crippen LogP contribution is -2.43. The maximum Gasteiger partial charge on any atom is 0.234 e. The first-order chi connectivity index (χ1) is 8.72. The summed E-state index contributed by atoms with van der Waals surface area (Å²) < 4.78 is 5.24. The highest BCUT2D eigenvalue weighted by atomic mass is 16.5. The Morgan fingerprint density at radius 2 is 2.17 bits per heavy atom. The molecule has 1 fully saturated rings. The van der Waals surface area contributed by atoms with E-state index < -0.39 is 0 Å². The van der Waals surface area contributed by atoms with Crippen LogP contribution in [0.5, 0.6) is 0 Å². The summed E-state index contributed by atoms with van der Waals surface area (Å²) in [4.78, 5) is 11.6. The van der Waals surface area contributed by atoms with Gasteiger partial charge in [-0.05, 0) is 38.1 Å². The van der Waals surface area contributed by atoms with Crippen molar-refractivity contribution in [2.75, 3.05) is 32.9 Å². The Bertz CT molecular complexity index is 230. The fourth-order valence-corrected chi connectivity index (χ4v) is 1.99. The fourth-order valence-electron chi connectivity index (χ4n) is 1.99. The van der Waals surface area contributed by atoms with Crippen molar-refractivity contribution in [3.05, 3.63) is 0 Å². The molecule has 1 rings (SSSR count). The van der Waals surface area contributed by atoms with Gasteiger partial charge in [0.15, 0.2) is 0 Å². The Kier molecular flexibility index (Phi) is 7.96. The van der Waals surface area contributed by atoms with Crippen molar-refractivity contribution in [2.45, 2.75) is 38.6 Å². The van der Waals surface area contributed by atoms with E-state index in [9.17, 15) is 4.79 Å². The van der Waals surface area contributed by atoms with Crippen molar-refractivity contribution in [2.24, 2.45) is 5.92 Å². The van der Waals surface area contributed by atoms with Gasteiger partial charge in [0.2, 0.25) is 5.91 Å². The van der Waals surface area contributed by atoms with Crippen molar-refractivity contribution in [1.29, 1.82) is 0 Å². The lowest BCUT2D eigenvalue weighted by atomic mass is 10.1. The second-order valence-electron chi connectivity index (χ2n) is 5.06. The minimum Gasteiger partial charge on any atom is -0.396 e. The zero-order valence-corrected chi connectivity index (χ0v) is 11.3. The van der Waals surface area contributed by atoms with Crippen LogP contribution in [0.1, 0.15) is 32.6 Å². The van der Waals surface area contributed by atoms with Crippen LogP contribution < -0.4 is 10.6 Å². The van der Waals surface area contributed by atoms with E-state index in [-0.39, 0.29) is 18.6 Å². The molecule has 0 saturated carbocycles. The summed E-state index contributed by atoms with van der Waals surface area (Å²) in [6.45, 7) is 4.97. The summed E-state index contributed by atoms with van der Waals surface area (Å²) in [5.74, 6) is 0.417. The number of carbonyl (C=O) groups is 1. The summed E-state index contributed by atoms with van der Waals surface area (Å²) in [5.41, 5.74) is 0. The van der Waals surface area contributed by atoms with E-state index in [4.69, 9.17) is 9.84 Å². The van der Waals surface area contributed by atoms with Gasteiger partial charge in [-0.3, -0.25) is 4.79 Å². The Morgan fingerprint density at radius 1 is 1.44 bits per heavy atom. The number of ether oxygens (including phenoxy) is 1. The third kappa shape index (κ3) is 6.93. The predicted octanol–water partition coefficient (Wildman–Crippen LogP) is 0.280. The third-order valence-corrected chi connectivity index (χ3v) is 3.23. The third-order valence-electron chi connectivity index (χ3n) is 3.23. The monoisotopic (exact) mass is 258 g/mol. The maximum absolute atomic E-state index is 11.6. The number of amides is 1. The number of hydrogen-bond acceptors (Lipinski definition) is 4. The molecule has 1 atom stereocenters. The Balaban J connectivity index is 1.96. The van der Waals surface area contributed by atoms with Gasteiger partial charge in [-0.15, -0.1) is 0 Å². The molecule has 0 aliphatic carbocycles. The second kappa shape index (κ2) is 9.30. The van der Waals surface area contributed by atoms with Gasteiger partial charge < -0.3 is 20.5 Å². The molecule has 1 aliphatic rings. The number of aliphatic hydroxyl groups excluding tert-OH is 1. The molecule has 0 radical (unpaired) electrons. The van der Waals surface area contributed by atoms with E-state index >= 15 is 0 Å². The van der Waals surface area contributed by atoms with Gasteiger partial charge in [-0.25, -0.2) is 0 Å². The summed E-state index contributed by atoms with van der Waals surface area (Å²) in [7, 11) is 0. The summed E-state index contributed by atoms with van der Waals surface area (Å²) >= 11 is 0. The van der Waals surface area contributed by atoms with Gasteiger partial charge in [-0.1, -0.05) is 6.92 Å². The number of carbonyl (C=O) groups excluding carboxylic acids is 1. The van der Waals surface area contributed by atoms with Gasteiger partial charge in [0.1, 0.15) is 0 Å². The molecule has 106 valence electrons. The largest absolute Gasteiger partial charge is 0.396 e. The molecule has 1 saturated heterocycles. The van der Waals surface area contributed by atoms with Gasteiger partial charge in [0, 0.05) is 25.9 Å². The Labute approximate surface area is 109 Å². The lowest BCUT2D eigenvalue weighted by molar-refractivity contribution is -0.121. The molecule has 0 bridgehead atoms. The fraction of sp³-hybridized carbons (Fsp3) is 0.923. The highest BCUT2D eigenvalue weighted by Crippen LogP contribution is 2.05. The van der Waals surface area contributed by atoms with Crippen LogP contribution in [-0.4, -0.2) is 50.0 Å². The van der Waals surface area contributed by atoms with Crippen LogP contribution in [0.25, 0.3) is 0 Å². The van der Waals surface area contributed by atoms with Crippen LogP contribution in [0.15, 0.2) is 0 Å². The van der Waals surface area contributed by atoms with Crippen LogP contribution in [0.4, 0.5) is 0 Å². The summed E-state index contributed by atoms with van der Waals surface area (Å²) in [5, 5.41) is 15.0. The van der Waals surface area contributed by atoms with Crippen LogP contribution in [0.2, 0.25) is 0 Å². The molecule has 0 spiro atoms. The average molecular weight is 258 g/mol. The number of nitrogens with one attached hydrogen (secondary N) is 2. The molecule has 0 aromatic rings. The zero-order chi connectivity index (χ0) is 13.2. The smallest absolute Gasteiger partial charge is 0.234 e. The van der Waals surface area contributed by atoms with Gasteiger partial charge in [0.25, 0.3) is 0 Å². The van der Waals surface area contributed by atoms with E-state index in [0.29, 0.717) is 12.5 Å². The van der Waals surface area contributed by atoms with Gasteiger partial charge in [0.05, 0.1) is 6.54 Å². The quantitative estimate of drug-likeness (QED) is 0.547. The molecular formula is C13H26N2O3. The van der Waals surface area contributed by atoms with Crippen LogP contribution in [0.3, 0.4) is 0 Å². The van der Waals surface area contributed by atoms with Gasteiger partial charge in [-0.2, -0.15) is 0 Å². The molecule has 1 heterocycles. The first-order valence-corrected chi connectivity index (χ1v) is 6.91. The van der Waals surface area contributed by atoms with Crippen molar-refractivity contribution in [3.63, 3.8) is 0 Å². The summed E-state index contributed by atoms with van der Waals surface area (Å²) in [6.07, 6.45) is 3.82. The van der Waals surface area contributed by atoms with E-state index in [1.165, 1.54) is 0 Å². The second-order valence-corrected chi connectivity index (χ2v) is 5.06. The Morgan fingerprint density at radius 3 is 2.83 bits per heavy atom. The van der Waals surface area contributed by atoms with Crippen molar-refractivity contribution >= 4 is 5.91 Å². The first-order valence-electron chi connectivity index (χ1n) is 6.91. The molecule has 3 N–H and O–H groups in total. The van der Waals surface area contributed by atoms with Crippen molar-refractivity contribution in [1.82, 2.24) is 10.6 Å². The van der Waals surface area contributed by atoms with E-state index in [1.807, 2.05) is 6.92 Å². The minimum atomic E-state index is 0.0668. The lowest BCUT2D eigenvalue weighted by Gasteiger charge is -2.23. The summed E-state index contributed by atoms with van der Waals surface area (Å²) in [6, 6.07) is 0.280. The van der Waals surface area contributed by atoms with Crippen LogP contribution in [-0.2, 0) is 9.53 Å². The molecule has 5 heteroatoms. The number of hydrogen-bond donors (Lipinski definition) is 3. The standard InChI is InChI=1S/C13H26N2O3/c1-11(10-16)3-2-6-14-9-13(17)15-12-4-7-18-8-5-12/h11-12,14,16H,2-10H2,1H3,(H,15,17). The highest BCUT2D eigenvalue weighted by Gasteiger charge is 2.15. The normalized spacial score (nSPS) is 18.6. The van der Waals surface area contributed by atoms with Crippen molar-refractivity contribution in [3.8, 4) is 0 Å². The Hall–Kier alpha value is -0.650. The molecular weight excluding hydrogens is 232 g/mol. The average Bonchev–Trinajstić information content (AvgIpc) is 2.39. The zero-order valence-electron chi connectivity index (χ0n) is 11.3. The predicted molar refractivity (Wildman–Crippen MR) is 70.3 cm³/mol. The van der Waals surface area contributed by atoms with E-state index in [0.717, 1.165) is 45.4 Å². The minimum absolute atomic E-state index is 0.0668.